The molecular weight excluding hydrogens is 514 g/mol. The van der Waals surface area contributed by atoms with Crippen molar-refractivity contribution in [2.75, 3.05) is 77.4 Å². The Kier molecular flexibility index (Phi) is 10.3. The summed E-state index contributed by atoms with van der Waals surface area (Å²) in [6.45, 7) is 5.86. The molecule has 1 unspecified atom stereocenters. The second-order valence-electron chi connectivity index (χ2n) is 9.50. The number of aromatic nitrogens is 3. The number of anilines is 2. The average Bonchev–Trinajstić information content (AvgIpc) is 2.99. The quantitative estimate of drug-likeness (QED) is 0.304. The summed E-state index contributed by atoms with van der Waals surface area (Å²) < 4.78 is 17.5. The predicted octanol–water partition coefficient (Wildman–Crippen LogP) is 3.24. The van der Waals surface area contributed by atoms with Gasteiger partial charge in [0.05, 0.1) is 33.4 Å². The molecule has 214 valence electrons. The molecule has 0 bridgehead atoms. The number of rotatable bonds is 13. The van der Waals surface area contributed by atoms with E-state index in [1.54, 1.807) is 38.7 Å². The van der Waals surface area contributed by atoms with E-state index in [1.165, 1.54) is 17.4 Å². The van der Waals surface area contributed by atoms with E-state index in [0.717, 1.165) is 44.7 Å². The summed E-state index contributed by atoms with van der Waals surface area (Å²) in [5.41, 5.74) is 1.46. The van der Waals surface area contributed by atoms with Gasteiger partial charge in [0.15, 0.2) is 11.5 Å². The van der Waals surface area contributed by atoms with Gasteiger partial charge in [-0.05, 0) is 31.2 Å². The first-order valence-corrected chi connectivity index (χ1v) is 13.2. The van der Waals surface area contributed by atoms with Crippen molar-refractivity contribution in [2.24, 2.45) is 0 Å². The zero-order valence-corrected chi connectivity index (χ0v) is 23.2. The van der Waals surface area contributed by atoms with Crippen molar-refractivity contribution in [2.45, 2.75) is 12.5 Å². The molecule has 4 rings (SSSR count). The van der Waals surface area contributed by atoms with Crippen LogP contribution in [0.1, 0.15) is 18.0 Å². The van der Waals surface area contributed by atoms with E-state index in [9.17, 15) is 9.90 Å². The minimum atomic E-state index is -1.13. The highest BCUT2D eigenvalue weighted by Gasteiger charge is 2.24. The van der Waals surface area contributed by atoms with Crippen LogP contribution in [0.3, 0.4) is 0 Å². The van der Waals surface area contributed by atoms with Crippen LogP contribution in [0.25, 0.3) is 0 Å². The Morgan fingerprint density at radius 1 is 1.10 bits per heavy atom. The number of nitrogens with zero attached hydrogens (tertiary/aromatic N) is 6. The zero-order chi connectivity index (χ0) is 28.3. The smallest absolute Gasteiger partial charge is 0.413 e. The van der Waals surface area contributed by atoms with Crippen LogP contribution in [0, 0.1) is 0 Å². The summed E-state index contributed by atoms with van der Waals surface area (Å²) in [5, 5.41) is 13.4. The van der Waals surface area contributed by atoms with Gasteiger partial charge in [-0.25, -0.2) is 14.8 Å². The number of amides is 1. The van der Waals surface area contributed by atoms with Gasteiger partial charge in [0.1, 0.15) is 12.1 Å². The summed E-state index contributed by atoms with van der Waals surface area (Å²) >= 11 is 0. The van der Waals surface area contributed by atoms with Crippen LogP contribution < -0.4 is 24.4 Å². The number of nitrogens with one attached hydrogen (secondary N) is 1. The van der Waals surface area contributed by atoms with Gasteiger partial charge in [0.2, 0.25) is 5.75 Å². The number of likely N-dealkylation sites (N-methyl/N-ethyl adjacent to an activating group) is 1. The fraction of sp³-hybridized carbons (Fsp3) is 0.429. The molecule has 1 aromatic carbocycles. The van der Waals surface area contributed by atoms with Crippen molar-refractivity contribution < 1.29 is 24.1 Å². The molecule has 0 spiro atoms. The monoisotopic (exact) mass is 551 g/mol. The van der Waals surface area contributed by atoms with Crippen LogP contribution >= 0.6 is 0 Å². The lowest BCUT2D eigenvalue weighted by atomic mass is 10.1. The lowest BCUT2D eigenvalue weighted by molar-refractivity contribution is 0.144. The highest BCUT2D eigenvalue weighted by atomic mass is 16.5. The molecule has 1 saturated heterocycles. The molecule has 40 heavy (non-hydrogen) atoms. The molecule has 0 aliphatic carbocycles. The van der Waals surface area contributed by atoms with Crippen LogP contribution in [0.5, 0.6) is 17.2 Å². The normalized spacial score (nSPS) is 14.8. The van der Waals surface area contributed by atoms with Gasteiger partial charge in [-0.3, -0.25) is 9.88 Å². The Balaban J connectivity index is 1.50. The fourth-order valence-corrected chi connectivity index (χ4v) is 4.55. The van der Waals surface area contributed by atoms with Crippen molar-refractivity contribution in [1.82, 2.24) is 24.8 Å². The third-order valence-corrected chi connectivity index (χ3v) is 6.79. The number of pyridine rings is 1. The van der Waals surface area contributed by atoms with Gasteiger partial charge in [0.25, 0.3) is 0 Å². The van der Waals surface area contributed by atoms with Crippen LogP contribution in [-0.4, -0.2) is 103 Å². The second-order valence-corrected chi connectivity index (χ2v) is 9.50. The average molecular weight is 552 g/mol. The summed E-state index contributed by atoms with van der Waals surface area (Å²) in [4.78, 5) is 30.4. The summed E-state index contributed by atoms with van der Waals surface area (Å²) in [5.74, 6) is 1.82. The van der Waals surface area contributed by atoms with E-state index in [1.807, 2.05) is 18.2 Å². The number of ether oxygens (including phenoxy) is 3. The Morgan fingerprint density at radius 2 is 1.85 bits per heavy atom. The van der Waals surface area contributed by atoms with Crippen LogP contribution in [-0.2, 0) is 0 Å². The number of hydrogen-bond donors (Lipinski definition) is 2. The maximum atomic E-state index is 12.2. The molecule has 12 nitrogen and oxygen atoms in total. The van der Waals surface area contributed by atoms with Crippen molar-refractivity contribution in [1.29, 1.82) is 0 Å². The van der Waals surface area contributed by atoms with Gasteiger partial charge < -0.3 is 34.4 Å². The maximum absolute atomic E-state index is 12.2. The van der Waals surface area contributed by atoms with Crippen LogP contribution in [0.2, 0.25) is 0 Å². The Morgan fingerprint density at radius 3 is 2.45 bits per heavy atom. The van der Waals surface area contributed by atoms with Crippen LogP contribution in [0.15, 0.2) is 55.2 Å². The molecule has 1 aliphatic rings. The van der Waals surface area contributed by atoms with Gasteiger partial charge in [-0.15, -0.1) is 0 Å². The molecule has 3 aromatic rings. The Bertz CT molecular complexity index is 1190. The molecule has 12 heteroatoms. The number of carbonyl (C=O) groups is 1. The third kappa shape index (κ3) is 7.70. The Labute approximate surface area is 234 Å². The second kappa shape index (κ2) is 14.3. The van der Waals surface area contributed by atoms with Crippen molar-refractivity contribution >= 4 is 17.6 Å². The lowest BCUT2D eigenvalue weighted by Crippen LogP contribution is -2.44. The molecule has 3 heterocycles. The molecule has 1 fully saturated rings. The first-order valence-electron chi connectivity index (χ1n) is 13.2. The van der Waals surface area contributed by atoms with Gasteiger partial charge >= 0.3 is 6.09 Å². The highest BCUT2D eigenvalue weighted by molar-refractivity contribution is 5.84. The zero-order valence-electron chi connectivity index (χ0n) is 23.2. The molecule has 2 N–H and O–H groups in total. The lowest BCUT2D eigenvalue weighted by Gasteiger charge is -2.32. The molecule has 1 atom stereocenters. The van der Waals surface area contributed by atoms with E-state index >= 15 is 0 Å². The SMILES string of the molecule is COc1cc(NC(CN(C(=O)O)c2ccncn2)c2cccnc2)cc(OC)c1OCCCN1CCN(C)CC1. The minimum absolute atomic E-state index is 0.0627. The number of methoxy groups -OCH3 is 2. The van der Waals surface area contributed by atoms with E-state index in [2.05, 4.69) is 37.1 Å². The van der Waals surface area contributed by atoms with Crippen LogP contribution in [0.4, 0.5) is 16.3 Å². The van der Waals surface area contributed by atoms with E-state index in [-0.39, 0.29) is 12.4 Å². The Hall–Kier alpha value is -4.16. The topological polar surface area (TPSA) is 125 Å². The van der Waals surface area contributed by atoms with E-state index in [0.29, 0.717) is 29.5 Å². The summed E-state index contributed by atoms with van der Waals surface area (Å²) in [7, 11) is 5.31. The standard InChI is InChI=1S/C28H37N7O5/c1-33-11-13-34(14-12-33)10-5-15-40-27-24(38-2)16-22(17-25(27)39-3)32-23(21-6-4-8-29-18-21)19-35(28(36)37)26-7-9-30-20-31-26/h4,6-9,16-18,20,23,32H,5,10-15,19H2,1-3H3,(H,36,37). The van der Waals surface area contributed by atoms with E-state index < -0.39 is 12.1 Å². The first kappa shape index (κ1) is 28.8. The first-order chi connectivity index (χ1) is 19.5. The van der Waals surface area contributed by atoms with Gasteiger partial charge in [0, 0.05) is 69.1 Å². The van der Waals surface area contributed by atoms with Gasteiger partial charge in [-0.1, -0.05) is 6.07 Å². The summed E-state index contributed by atoms with van der Waals surface area (Å²) in [6, 6.07) is 8.41. The molecule has 1 amide bonds. The van der Waals surface area contributed by atoms with Crippen molar-refractivity contribution in [3.05, 3.63) is 60.8 Å². The molecule has 2 aromatic heterocycles. The molecule has 0 radical (unpaired) electrons. The fourth-order valence-electron chi connectivity index (χ4n) is 4.55. The number of piperazine rings is 1. The van der Waals surface area contributed by atoms with Crippen molar-refractivity contribution in [3.8, 4) is 17.2 Å². The minimum Gasteiger partial charge on any atom is -0.493 e. The highest BCUT2D eigenvalue weighted by Crippen LogP contribution is 2.41. The molecular formula is C28H37N7O5. The van der Waals surface area contributed by atoms with Gasteiger partial charge in [-0.2, -0.15) is 0 Å². The number of hydrogen-bond acceptors (Lipinski definition) is 10. The summed E-state index contributed by atoms with van der Waals surface area (Å²) in [6.07, 6.45) is 5.94. The van der Waals surface area contributed by atoms with Crippen molar-refractivity contribution in [3.63, 3.8) is 0 Å². The molecule has 1 aliphatic heterocycles. The largest absolute Gasteiger partial charge is 0.493 e. The van der Waals surface area contributed by atoms with E-state index in [4.69, 9.17) is 14.2 Å². The number of carboxylic acid groups (broad SMARTS) is 1. The third-order valence-electron chi connectivity index (χ3n) is 6.79. The molecule has 0 saturated carbocycles. The number of benzene rings is 1. The maximum Gasteiger partial charge on any atom is 0.413 e. The predicted molar refractivity (Wildman–Crippen MR) is 152 cm³/mol.